The summed E-state index contributed by atoms with van der Waals surface area (Å²) in [5, 5.41) is 3.99. The summed E-state index contributed by atoms with van der Waals surface area (Å²) in [6.07, 6.45) is 1.45. The Balaban J connectivity index is 2.10. The van der Waals surface area contributed by atoms with Gasteiger partial charge >= 0.3 is 0 Å². The Hall–Kier alpha value is -1.85. The molecule has 1 aromatic carbocycles. The number of benzene rings is 1. The molecule has 0 saturated carbocycles. The number of halogens is 1. The first-order valence-electron chi connectivity index (χ1n) is 5.49. The number of hydrogen-bond donors (Lipinski definition) is 3. The Bertz CT molecular complexity index is 514. The molecular formula is C12H14ClN5. The molecule has 1 aromatic heterocycles. The van der Waals surface area contributed by atoms with Crippen LogP contribution in [0.25, 0.3) is 0 Å². The van der Waals surface area contributed by atoms with E-state index in [0.29, 0.717) is 11.6 Å². The van der Waals surface area contributed by atoms with Gasteiger partial charge in [0.05, 0.1) is 0 Å². The minimum absolute atomic E-state index is 0.114. The van der Waals surface area contributed by atoms with E-state index in [0.717, 1.165) is 10.6 Å². The Kier molecular flexibility index (Phi) is 3.96. The molecule has 6 heteroatoms. The van der Waals surface area contributed by atoms with E-state index >= 15 is 0 Å². The van der Waals surface area contributed by atoms with Crippen molar-refractivity contribution in [2.24, 2.45) is 5.84 Å². The number of hydrazine groups is 1. The monoisotopic (exact) mass is 263 g/mol. The standard InChI is InChI=1S/C12H14ClN5/c1-8(9-2-4-10(13)5-3-9)17-11-6-12(18-14)16-7-15-11/h2-8H,14H2,1H3,(H2,15,16,17,18). The average molecular weight is 264 g/mol. The van der Waals surface area contributed by atoms with E-state index in [1.807, 2.05) is 31.2 Å². The molecule has 2 aromatic rings. The largest absolute Gasteiger partial charge is 0.363 e. The summed E-state index contributed by atoms with van der Waals surface area (Å²) < 4.78 is 0. The summed E-state index contributed by atoms with van der Waals surface area (Å²) in [5.74, 6) is 6.57. The third-order valence-electron chi connectivity index (χ3n) is 2.55. The van der Waals surface area contributed by atoms with Crippen LogP contribution in [0.1, 0.15) is 18.5 Å². The van der Waals surface area contributed by atoms with E-state index in [1.54, 1.807) is 6.07 Å². The highest BCUT2D eigenvalue weighted by Crippen LogP contribution is 2.20. The van der Waals surface area contributed by atoms with Crippen molar-refractivity contribution in [1.82, 2.24) is 9.97 Å². The summed E-state index contributed by atoms with van der Waals surface area (Å²) in [4.78, 5) is 8.07. The Morgan fingerprint density at radius 2 is 1.83 bits per heavy atom. The van der Waals surface area contributed by atoms with Crippen molar-refractivity contribution in [3.8, 4) is 0 Å². The van der Waals surface area contributed by atoms with Crippen molar-refractivity contribution in [1.29, 1.82) is 0 Å². The molecule has 2 rings (SSSR count). The second kappa shape index (κ2) is 5.66. The molecule has 1 atom stereocenters. The molecule has 0 amide bonds. The highest BCUT2D eigenvalue weighted by atomic mass is 35.5. The van der Waals surface area contributed by atoms with Crippen molar-refractivity contribution in [3.05, 3.63) is 47.2 Å². The molecule has 0 aliphatic heterocycles. The number of rotatable bonds is 4. The van der Waals surface area contributed by atoms with Gasteiger partial charge < -0.3 is 10.7 Å². The highest BCUT2D eigenvalue weighted by molar-refractivity contribution is 6.30. The van der Waals surface area contributed by atoms with Gasteiger partial charge in [-0.25, -0.2) is 15.8 Å². The van der Waals surface area contributed by atoms with Crippen molar-refractivity contribution in [2.45, 2.75) is 13.0 Å². The fraction of sp³-hybridized carbons (Fsp3) is 0.167. The van der Waals surface area contributed by atoms with Crippen LogP contribution in [0.5, 0.6) is 0 Å². The molecular weight excluding hydrogens is 250 g/mol. The Morgan fingerprint density at radius 3 is 2.50 bits per heavy atom. The zero-order valence-corrected chi connectivity index (χ0v) is 10.6. The van der Waals surface area contributed by atoms with Gasteiger partial charge in [0.1, 0.15) is 18.0 Å². The van der Waals surface area contributed by atoms with Crippen LogP contribution < -0.4 is 16.6 Å². The maximum Gasteiger partial charge on any atom is 0.145 e. The number of hydrogen-bond acceptors (Lipinski definition) is 5. The van der Waals surface area contributed by atoms with E-state index in [1.165, 1.54) is 6.33 Å². The zero-order chi connectivity index (χ0) is 13.0. The molecule has 1 unspecified atom stereocenters. The van der Waals surface area contributed by atoms with Crippen molar-refractivity contribution < 1.29 is 0 Å². The maximum atomic E-state index is 5.85. The van der Waals surface area contributed by atoms with Crippen LogP contribution in [-0.2, 0) is 0 Å². The van der Waals surface area contributed by atoms with Gasteiger partial charge in [0.25, 0.3) is 0 Å². The molecule has 4 N–H and O–H groups in total. The molecule has 94 valence electrons. The average Bonchev–Trinajstić information content (AvgIpc) is 2.39. The van der Waals surface area contributed by atoms with E-state index < -0.39 is 0 Å². The third kappa shape index (κ3) is 3.09. The number of nitrogens with two attached hydrogens (primary N) is 1. The van der Waals surface area contributed by atoms with Gasteiger partial charge in [-0.2, -0.15) is 0 Å². The van der Waals surface area contributed by atoms with Crippen molar-refractivity contribution in [2.75, 3.05) is 10.7 Å². The SMILES string of the molecule is CC(Nc1cc(NN)ncn1)c1ccc(Cl)cc1. The molecule has 0 bridgehead atoms. The molecule has 0 aliphatic carbocycles. The fourth-order valence-electron chi connectivity index (χ4n) is 1.57. The lowest BCUT2D eigenvalue weighted by Crippen LogP contribution is -2.11. The number of nitrogens with one attached hydrogen (secondary N) is 2. The van der Waals surface area contributed by atoms with Crippen LogP contribution in [0.3, 0.4) is 0 Å². The topological polar surface area (TPSA) is 75.9 Å². The van der Waals surface area contributed by atoms with E-state index in [9.17, 15) is 0 Å². The Labute approximate surface area is 110 Å². The third-order valence-corrected chi connectivity index (χ3v) is 2.80. The predicted octanol–water partition coefficient (Wildman–Crippen LogP) is 2.59. The van der Waals surface area contributed by atoms with Crippen LogP contribution in [0.15, 0.2) is 36.7 Å². The van der Waals surface area contributed by atoms with Gasteiger partial charge in [-0.15, -0.1) is 0 Å². The highest BCUT2D eigenvalue weighted by Gasteiger charge is 2.06. The number of nitrogen functional groups attached to an aromatic ring is 1. The van der Waals surface area contributed by atoms with Gasteiger partial charge in [-0.05, 0) is 24.6 Å². The zero-order valence-electron chi connectivity index (χ0n) is 9.89. The minimum atomic E-state index is 0.114. The summed E-state index contributed by atoms with van der Waals surface area (Å²) in [7, 11) is 0. The Morgan fingerprint density at radius 1 is 1.17 bits per heavy atom. The fourth-order valence-corrected chi connectivity index (χ4v) is 1.70. The summed E-state index contributed by atoms with van der Waals surface area (Å²) in [5.41, 5.74) is 3.60. The first-order valence-corrected chi connectivity index (χ1v) is 5.87. The number of nitrogens with zero attached hydrogens (tertiary/aromatic N) is 2. The van der Waals surface area contributed by atoms with Crippen LogP contribution in [0.4, 0.5) is 11.6 Å². The lowest BCUT2D eigenvalue weighted by molar-refractivity contribution is 0.872. The lowest BCUT2D eigenvalue weighted by atomic mass is 10.1. The molecule has 0 radical (unpaired) electrons. The molecule has 5 nitrogen and oxygen atoms in total. The predicted molar refractivity (Wildman–Crippen MR) is 73.3 cm³/mol. The first kappa shape index (κ1) is 12.6. The first-order chi connectivity index (χ1) is 8.69. The summed E-state index contributed by atoms with van der Waals surface area (Å²) in [6, 6.07) is 9.53. The van der Waals surface area contributed by atoms with Gasteiger partial charge in [0.15, 0.2) is 0 Å². The van der Waals surface area contributed by atoms with Crippen LogP contribution in [0.2, 0.25) is 5.02 Å². The molecule has 0 fully saturated rings. The summed E-state index contributed by atoms with van der Waals surface area (Å²) >= 11 is 5.85. The lowest BCUT2D eigenvalue weighted by Gasteiger charge is -2.15. The second-order valence-corrected chi connectivity index (χ2v) is 4.29. The van der Waals surface area contributed by atoms with Crippen molar-refractivity contribution in [3.63, 3.8) is 0 Å². The van der Waals surface area contributed by atoms with Crippen LogP contribution >= 0.6 is 11.6 Å². The van der Waals surface area contributed by atoms with Crippen LogP contribution in [-0.4, -0.2) is 9.97 Å². The van der Waals surface area contributed by atoms with Gasteiger partial charge in [0, 0.05) is 17.1 Å². The second-order valence-electron chi connectivity index (χ2n) is 3.85. The van der Waals surface area contributed by atoms with Crippen molar-refractivity contribution >= 4 is 23.2 Å². The van der Waals surface area contributed by atoms with Gasteiger partial charge in [0.2, 0.25) is 0 Å². The normalized spacial score (nSPS) is 11.9. The molecule has 18 heavy (non-hydrogen) atoms. The van der Waals surface area contributed by atoms with E-state index in [2.05, 4.69) is 20.7 Å². The summed E-state index contributed by atoms with van der Waals surface area (Å²) in [6.45, 7) is 2.04. The van der Waals surface area contributed by atoms with E-state index in [4.69, 9.17) is 17.4 Å². The van der Waals surface area contributed by atoms with Gasteiger partial charge in [-0.1, -0.05) is 23.7 Å². The minimum Gasteiger partial charge on any atom is -0.363 e. The smallest absolute Gasteiger partial charge is 0.145 e. The maximum absolute atomic E-state index is 5.85. The molecule has 1 heterocycles. The van der Waals surface area contributed by atoms with E-state index in [-0.39, 0.29) is 6.04 Å². The van der Waals surface area contributed by atoms with Gasteiger partial charge in [-0.3, -0.25) is 0 Å². The number of aromatic nitrogens is 2. The molecule has 0 spiro atoms. The molecule has 0 saturated heterocycles. The van der Waals surface area contributed by atoms with Crippen LogP contribution in [0, 0.1) is 0 Å². The number of anilines is 2. The molecule has 0 aliphatic rings. The quantitative estimate of drug-likeness (QED) is 0.584.